The second-order valence-electron chi connectivity index (χ2n) is 4.26. The minimum absolute atomic E-state index is 0.319. The largest absolute Gasteiger partial charge is 0.494 e. The smallest absolute Gasteiger partial charge is 0.119 e. The van der Waals surface area contributed by atoms with Crippen molar-refractivity contribution in [2.24, 2.45) is 0 Å². The number of hydrogen-bond donors (Lipinski definition) is 1. The van der Waals surface area contributed by atoms with E-state index in [4.69, 9.17) is 4.74 Å². The van der Waals surface area contributed by atoms with Gasteiger partial charge in [-0.25, -0.2) is 0 Å². The number of hydrogen-bond acceptors (Lipinski definition) is 2. The van der Waals surface area contributed by atoms with Gasteiger partial charge in [0.2, 0.25) is 0 Å². The normalized spacial score (nSPS) is 12.4. The van der Waals surface area contributed by atoms with Gasteiger partial charge in [-0.15, -0.1) is 0 Å². The first-order valence-electron chi connectivity index (χ1n) is 6.21. The zero-order valence-electron chi connectivity index (χ0n) is 10.7. The van der Waals surface area contributed by atoms with Gasteiger partial charge in [-0.2, -0.15) is 0 Å². The SMILES string of the molecule is CNC(C)CCc1ccc(OCCCF)cc1. The second-order valence-corrected chi connectivity index (χ2v) is 4.26. The Hall–Kier alpha value is -1.09. The van der Waals surface area contributed by atoms with Crippen molar-refractivity contribution in [3.8, 4) is 5.75 Å². The second kappa shape index (κ2) is 8.07. The zero-order valence-corrected chi connectivity index (χ0v) is 10.7. The van der Waals surface area contributed by atoms with E-state index in [2.05, 4.69) is 24.4 Å². The van der Waals surface area contributed by atoms with Crippen molar-refractivity contribution in [2.45, 2.75) is 32.2 Å². The average Bonchev–Trinajstić information content (AvgIpc) is 2.37. The van der Waals surface area contributed by atoms with E-state index in [1.807, 2.05) is 19.2 Å². The van der Waals surface area contributed by atoms with Crippen LogP contribution in [0.1, 0.15) is 25.3 Å². The molecule has 1 rings (SSSR count). The molecule has 2 nitrogen and oxygen atoms in total. The topological polar surface area (TPSA) is 21.3 Å². The zero-order chi connectivity index (χ0) is 12.5. The van der Waals surface area contributed by atoms with Crippen LogP contribution in [0.4, 0.5) is 4.39 Å². The number of rotatable bonds is 8. The Morgan fingerprint density at radius 2 is 2.00 bits per heavy atom. The lowest BCUT2D eigenvalue weighted by Crippen LogP contribution is -2.21. The molecular weight excluding hydrogens is 217 g/mol. The van der Waals surface area contributed by atoms with E-state index in [0.717, 1.165) is 18.6 Å². The molecule has 1 N–H and O–H groups in total. The van der Waals surface area contributed by atoms with E-state index in [-0.39, 0.29) is 6.67 Å². The molecule has 0 bridgehead atoms. The van der Waals surface area contributed by atoms with Gasteiger partial charge in [-0.1, -0.05) is 12.1 Å². The molecule has 0 aromatic heterocycles. The van der Waals surface area contributed by atoms with Crippen LogP contribution in [0, 0.1) is 0 Å². The third-order valence-electron chi connectivity index (χ3n) is 2.83. The van der Waals surface area contributed by atoms with Gasteiger partial charge in [0.15, 0.2) is 0 Å². The number of aryl methyl sites for hydroxylation is 1. The molecule has 0 spiro atoms. The summed E-state index contributed by atoms with van der Waals surface area (Å²) in [5.41, 5.74) is 1.31. The maximum atomic E-state index is 11.9. The van der Waals surface area contributed by atoms with Crippen LogP contribution in [0.25, 0.3) is 0 Å². The molecule has 3 heteroatoms. The number of halogens is 1. The predicted molar refractivity (Wildman–Crippen MR) is 69.4 cm³/mol. The van der Waals surface area contributed by atoms with Crippen LogP contribution in [-0.2, 0) is 6.42 Å². The van der Waals surface area contributed by atoms with Crippen LogP contribution >= 0.6 is 0 Å². The molecule has 0 aliphatic rings. The number of benzene rings is 1. The molecule has 0 amide bonds. The quantitative estimate of drug-likeness (QED) is 0.704. The van der Waals surface area contributed by atoms with Crippen LogP contribution in [0.15, 0.2) is 24.3 Å². The summed E-state index contributed by atoms with van der Waals surface area (Å²) in [6, 6.07) is 8.60. The minimum atomic E-state index is -0.319. The Labute approximate surface area is 103 Å². The van der Waals surface area contributed by atoms with Gasteiger partial charge in [0, 0.05) is 12.5 Å². The molecule has 96 valence electrons. The minimum Gasteiger partial charge on any atom is -0.494 e. The molecule has 0 fully saturated rings. The van der Waals surface area contributed by atoms with E-state index in [0.29, 0.717) is 19.1 Å². The molecule has 1 aromatic rings. The van der Waals surface area contributed by atoms with E-state index in [1.165, 1.54) is 5.56 Å². The van der Waals surface area contributed by atoms with Crippen LogP contribution in [0.2, 0.25) is 0 Å². The lowest BCUT2D eigenvalue weighted by atomic mass is 10.1. The average molecular weight is 239 g/mol. The Morgan fingerprint density at radius 1 is 1.29 bits per heavy atom. The molecule has 0 heterocycles. The summed E-state index contributed by atoms with van der Waals surface area (Å²) in [5.74, 6) is 0.823. The fourth-order valence-electron chi connectivity index (χ4n) is 1.52. The van der Waals surface area contributed by atoms with Gasteiger partial charge in [0.05, 0.1) is 13.3 Å². The van der Waals surface area contributed by atoms with Crippen LogP contribution < -0.4 is 10.1 Å². The lowest BCUT2D eigenvalue weighted by Gasteiger charge is -2.10. The van der Waals surface area contributed by atoms with Crippen molar-refractivity contribution in [1.29, 1.82) is 0 Å². The van der Waals surface area contributed by atoms with E-state index in [9.17, 15) is 4.39 Å². The summed E-state index contributed by atoms with van der Waals surface area (Å²) in [5, 5.41) is 3.22. The molecule has 0 radical (unpaired) electrons. The highest BCUT2D eigenvalue weighted by Gasteiger charge is 2.00. The Morgan fingerprint density at radius 3 is 2.59 bits per heavy atom. The van der Waals surface area contributed by atoms with Gasteiger partial charge >= 0.3 is 0 Å². The van der Waals surface area contributed by atoms with Crippen LogP contribution in [0.3, 0.4) is 0 Å². The first-order valence-corrected chi connectivity index (χ1v) is 6.21. The van der Waals surface area contributed by atoms with E-state index >= 15 is 0 Å². The standard InChI is InChI=1S/C14H22FNO/c1-12(16-2)4-5-13-6-8-14(9-7-13)17-11-3-10-15/h6-9,12,16H,3-5,10-11H2,1-2H3. The molecule has 1 unspecified atom stereocenters. The summed E-state index contributed by atoms with van der Waals surface area (Å²) < 4.78 is 17.3. The monoisotopic (exact) mass is 239 g/mol. The van der Waals surface area contributed by atoms with Crippen LogP contribution in [-0.4, -0.2) is 26.4 Å². The molecule has 17 heavy (non-hydrogen) atoms. The van der Waals surface area contributed by atoms with Crippen molar-refractivity contribution in [3.05, 3.63) is 29.8 Å². The summed E-state index contributed by atoms with van der Waals surface area (Å²) in [7, 11) is 1.98. The van der Waals surface area contributed by atoms with E-state index < -0.39 is 0 Å². The fourth-order valence-corrected chi connectivity index (χ4v) is 1.52. The summed E-state index contributed by atoms with van der Waals surface area (Å²) in [4.78, 5) is 0. The first-order chi connectivity index (χ1) is 8.26. The Kier molecular flexibility index (Phi) is 6.63. The molecule has 0 aliphatic heterocycles. The maximum Gasteiger partial charge on any atom is 0.119 e. The van der Waals surface area contributed by atoms with E-state index in [1.54, 1.807) is 0 Å². The van der Waals surface area contributed by atoms with Gasteiger partial charge < -0.3 is 10.1 Å². The predicted octanol–water partition coefficient (Wildman–Crippen LogP) is 2.97. The third kappa shape index (κ3) is 5.68. The highest BCUT2D eigenvalue weighted by Crippen LogP contribution is 2.14. The van der Waals surface area contributed by atoms with Crippen molar-refractivity contribution < 1.29 is 9.13 Å². The summed E-state index contributed by atoms with van der Waals surface area (Å²) in [6.07, 6.45) is 2.65. The summed E-state index contributed by atoms with van der Waals surface area (Å²) >= 11 is 0. The third-order valence-corrected chi connectivity index (χ3v) is 2.83. The van der Waals surface area contributed by atoms with Gasteiger partial charge in [-0.05, 0) is 44.5 Å². The molecule has 0 aliphatic carbocycles. The lowest BCUT2D eigenvalue weighted by molar-refractivity contribution is 0.289. The van der Waals surface area contributed by atoms with Crippen LogP contribution in [0.5, 0.6) is 5.75 Å². The van der Waals surface area contributed by atoms with Crippen molar-refractivity contribution in [1.82, 2.24) is 5.32 Å². The van der Waals surface area contributed by atoms with Gasteiger partial charge in [0.1, 0.15) is 5.75 Å². The van der Waals surface area contributed by atoms with Crippen molar-refractivity contribution >= 4 is 0 Å². The van der Waals surface area contributed by atoms with Gasteiger partial charge in [-0.3, -0.25) is 4.39 Å². The number of nitrogens with one attached hydrogen (secondary N) is 1. The fraction of sp³-hybridized carbons (Fsp3) is 0.571. The molecule has 1 aromatic carbocycles. The number of alkyl halides is 1. The molecular formula is C14H22FNO. The highest BCUT2D eigenvalue weighted by atomic mass is 19.1. The number of ether oxygens (including phenoxy) is 1. The van der Waals surface area contributed by atoms with Crippen molar-refractivity contribution in [3.63, 3.8) is 0 Å². The van der Waals surface area contributed by atoms with Gasteiger partial charge in [0.25, 0.3) is 0 Å². The summed E-state index contributed by atoms with van der Waals surface area (Å²) in [6.45, 7) is 2.31. The Balaban J connectivity index is 2.34. The molecule has 1 atom stereocenters. The molecule has 0 saturated heterocycles. The van der Waals surface area contributed by atoms with Crippen molar-refractivity contribution in [2.75, 3.05) is 20.3 Å². The first kappa shape index (κ1) is 14.0. The maximum absolute atomic E-state index is 11.9. The molecule has 0 saturated carbocycles. The highest BCUT2D eigenvalue weighted by molar-refractivity contribution is 5.27. The Bertz CT molecular complexity index is 300.